The lowest BCUT2D eigenvalue weighted by molar-refractivity contribution is -0.246. The van der Waals surface area contributed by atoms with Gasteiger partial charge in [0.25, 0.3) is 0 Å². The highest BCUT2D eigenvalue weighted by Gasteiger charge is 2.45. The van der Waals surface area contributed by atoms with Gasteiger partial charge in [-0.2, -0.15) is 5.06 Å². The Bertz CT molecular complexity index is 1780. The van der Waals surface area contributed by atoms with Gasteiger partial charge in [0.1, 0.15) is 0 Å². The van der Waals surface area contributed by atoms with E-state index in [1.54, 1.807) is 0 Å². The molecular weight excluding hydrogens is 672 g/mol. The van der Waals surface area contributed by atoms with Crippen LogP contribution in [0.15, 0.2) is 127 Å². The molecule has 0 saturated carbocycles. The molecule has 0 bridgehead atoms. The Kier molecular flexibility index (Phi) is 13.1. The minimum atomic E-state index is -3.03. The zero-order chi connectivity index (χ0) is 38.3. The lowest BCUT2D eigenvalue weighted by Crippen LogP contribution is -2.63. The van der Waals surface area contributed by atoms with Crippen LogP contribution in [-0.4, -0.2) is 33.3 Å². The number of piperidine rings is 1. The van der Waals surface area contributed by atoms with Crippen molar-refractivity contribution in [2.75, 3.05) is 0 Å². The van der Waals surface area contributed by atoms with Gasteiger partial charge in [-0.15, -0.1) is 0 Å². The third kappa shape index (κ3) is 9.49. The number of benzene rings is 4. The third-order valence-corrected chi connectivity index (χ3v) is 14.8. The quantitative estimate of drug-likeness (QED) is 0.0943. The molecule has 0 spiro atoms. The summed E-state index contributed by atoms with van der Waals surface area (Å²) in [5, 5.41) is 17.9. The lowest BCUT2D eigenvalue weighted by Gasteiger charge is -2.51. The van der Waals surface area contributed by atoms with E-state index in [0.29, 0.717) is 5.92 Å². The van der Waals surface area contributed by atoms with E-state index in [1.165, 1.54) is 16.2 Å². The van der Waals surface area contributed by atoms with Crippen molar-refractivity contribution in [2.24, 2.45) is 5.92 Å². The van der Waals surface area contributed by atoms with E-state index < -0.39 is 18.2 Å². The molecule has 1 saturated heterocycles. The Hall–Kier alpha value is -3.76. The third-order valence-electron chi connectivity index (χ3n) is 11.7. The zero-order valence-corrected chi connectivity index (χ0v) is 33.9. The molecule has 282 valence electrons. The Morgan fingerprint density at radius 2 is 1.32 bits per heavy atom. The number of amides is 1. The van der Waals surface area contributed by atoms with Crippen LogP contribution < -0.4 is 21.2 Å². The first kappa shape index (κ1) is 40.4. The van der Waals surface area contributed by atoms with Crippen molar-refractivity contribution in [3.63, 3.8) is 0 Å². The highest BCUT2D eigenvalue weighted by atomic mass is 31.2. The molecule has 0 aromatic heterocycles. The van der Waals surface area contributed by atoms with E-state index in [1.807, 2.05) is 95.3 Å². The number of carbonyl (C=O) groups excluding carboxylic acids is 1. The highest BCUT2D eigenvalue weighted by Crippen LogP contribution is 2.44. The zero-order valence-electron chi connectivity index (χ0n) is 33.0. The molecule has 6 heteroatoms. The maximum Gasteiger partial charge on any atom is 0.223 e. The summed E-state index contributed by atoms with van der Waals surface area (Å²) in [5.41, 5.74) is 1.72. The highest BCUT2D eigenvalue weighted by molar-refractivity contribution is 7.85. The van der Waals surface area contributed by atoms with Crippen LogP contribution in [0.1, 0.15) is 110 Å². The standard InChI is InChI=1S/C47H61N2O3P/c1-8-47(7,39-29-31-43(32-30-39)53(52,41-25-17-11-18-26-41)42-27-19-12-20-28-42)33-38(37-22-14-10-15-23-37)24-16-9-13-21-36(2)44(50)48-40-34-45(3,4)49(51)46(5,6)35-40/h9-12,14-20,22-23,25-32,36,38,40,51H,8,13,21,24,33-35H2,1-7H3,(H,48,50)/b16-9+. The summed E-state index contributed by atoms with van der Waals surface area (Å²) >= 11 is 0. The Labute approximate surface area is 319 Å². The van der Waals surface area contributed by atoms with E-state index in [9.17, 15) is 14.6 Å². The molecule has 4 aromatic rings. The number of rotatable bonds is 15. The fourth-order valence-corrected chi connectivity index (χ4v) is 11.1. The number of hydroxylamine groups is 2. The van der Waals surface area contributed by atoms with Crippen molar-refractivity contribution in [3.8, 4) is 0 Å². The molecule has 5 nitrogen and oxygen atoms in total. The van der Waals surface area contributed by atoms with Crippen LogP contribution in [0, 0.1) is 5.92 Å². The van der Waals surface area contributed by atoms with Crippen molar-refractivity contribution >= 4 is 29.0 Å². The molecule has 1 aliphatic rings. The summed E-state index contributed by atoms with van der Waals surface area (Å²) in [6.07, 6.45) is 10.5. The van der Waals surface area contributed by atoms with Gasteiger partial charge in [-0.3, -0.25) is 4.79 Å². The second-order valence-corrected chi connectivity index (χ2v) is 19.6. The molecule has 1 fully saturated rings. The number of hydrogen-bond donors (Lipinski definition) is 2. The predicted octanol–water partition coefficient (Wildman–Crippen LogP) is 10.1. The second-order valence-electron chi connectivity index (χ2n) is 16.8. The van der Waals surface area contributed by atoms with E-state index >= 15 is 0 Å². The van der Waals surface area contributed by atoms with Gasteiger partial charge in [-0.1, -0.05) is 148 Å². The van der Waals surface area contributed by atoms with E-state index in [0.717, 1.165) is 60.9 Å². The van der Waals surface area contributed by atoms with E-state index in [-0.39, 0.29) is 23.3 Å². The molecule has 5 rings (SSSR count). The molecular formula is C47H61N2O3P. The van der Waals surface area contributed by atoms with Gasteiger partial charge in [0, 0.05) is 39.0 Å². The predicted molar refractivity (Wildman–Crippen MR) is 222 cm³/mol. The van der Waals surface area contributed by atoms with Crippen LogP contribution >= 0.6 is 7.14 Å². The molecule has 4 aromatic carbocycles. The van der Waals surface area contributed by atoms with Crippen molar-refractivity contribution in [3.05, 3.63) is 139 Å². The molecule has 1 aliphatic heterocycles. The first-order valence-electron chi connectivity index (χ1n) is 19.5. The largest absolute Gasteiger partial charge is 0.353 e. The van der Waals surface area contributed by atoms with Crippen molar-refractivity contribution in [1.82, 2.24) is 10.4 Å². The van der Waals surface area contributed by atoms with Crippen LogP contribution in [0.2, 0.25) is 0 Å². The first-order valence-corrected chi connectivity index (χ1v) is 21.2. The second kappa shape index (κ2) is 17.1. The number of nitrogens with zero attached hydrogens (tertiary/aromatic N) is 1. The van der Waals surface area contributed by atoms with Crippen LogP contribution in [0.3, 0.4) is 0 Å². The molecule has 53 heavy (non-hydrogen) atoms. The van der Waals surface area contributed by atoms with Crippen LogP contribution in [0.5, 0.6) is 0 Å². The Balaban J connectivity index is 1.26. The minimum Gasteiger partial charge on any atom is -0.353 e. The van der Waals surface area contributed by atoms with Crippen LogP contribution in [0.4, 0.5) is 0 Å². The summed E-state index contributed by atoms with van der Waals surface area (Å²) in [6, 6.07) is 39.2. The van der Waals surface area contributed by atoms with E-state index in [4.69, 9.17) is 0 Å². The molecule has 2 N–H and O–H groups in total. The fraction of sp³-hybridized carbons (Fsp3) is 0.426. The van der Waals surface area contributed by atoms with Crippen molar-refractivity contribution in [1.29, 1.82) is 0 Å². The van der Waals surface area contributed by atoms with Gasteiger partial charge in [0.05, 0.1) is 0 Å². The summed E-state index contributed by atoms with van der Waals surface area (Å²) in [6.45, 7) is 14.8. The van der Waals surface area contributed by atoms with Gasteiger partial charge >= 0.3 is 0 Å². The molecule has 0 aliphatic carbocycles. The number of nitrogens with one attached hydrogen (secondary N) is 1. The maximum atomic E-state index is 15.0. The number of allylic oxidation sites excluding steroid dienone is 2. The first-order chi connectivity index (χ1) is 25.2. The fourth-order valence-electron chi connectivity index (χ4n) is 8.44. The van der Waals surface area contributed by atoms with Crippen LogP contribution in [-0.2, 0) is 14.8 Å². The molecule has 0 radical (unpaired) electrons. The molecule has 1 amide bonds. The van der Waals surface area contributed by atoms with Crippen molar-refractivity contribution in [2.45, 2.75) is 122 Å². The average molecular weight is 733 g/mol. The van der Waals surface area contributed by atoms with Gasteiger partial charge in [-0.25, -0.2) is 0 Å². The average Bonchev–Trinajstić information content (AvgIpc) is 3.16. The topological polar surface area (TPSA) is 69.6 Å². The van der Waals surface area contributed by atoms with Gasteiger partial charge < -0.3 is 15.1 Å². The Morgan fingerprint density at radius 3 is 1.83 bits per heavy atom. The minimum absolute atomic E-state index is 0.0434. The Morgan fingerprint density at radius 1 is 0.830 bits per heavy atom. The summed E-state index contributed by atoms with van der Waals surface area (Å²) < 4.78 is 15.0. The molecule has 1 heterocycles. The maximum absolute atomic E-state index is 15.0. The summed E-state index contributed by atoms with van der Waals surface area (Å²) in [5.74, 6) is 0.326. The molecule has 3 unspecified atom stereocenters. The summed E-state index contributed by atoms with van der Waals surface area (Å²) in [4.78, 5) is 13.2. The number of carbonyl (C=O) groups is 1. The van der Waals surface area contributed by atoms with Crippen LogP contribution in [0.25, 0.3) is 0 Å². The molecule has 3 atom stereocenters. The normalized spacial score (nSPS) is 18.6. The van der Waals surface area contributed by atoms with Crippen molar-refractivity contribution < 1.29 is 14.6 Å². The SMILES string of the molecule is CCC(C)(CC(C/C=C/CCC(C)C(=O)NC1CC(C)(C)N(O)C(C)(C)C1)c1ccccc1)c1ccc(P(=O)(c2ccccc2)c2ccccc2)cc1. The smallest absolute Gasteiger partial charge is 0.223 e. The lowest BCUT2D eigenvalue weighted by atomic mass is 9.71. The van der Waals surface area contributed by atoms with Gasteiger partial charge in [0.2, 0.25) is 5.91 Å². The van der Waals surface area contributed by atoms with Gasteiger partial charge in [0.15, 0.2) is 7.14 Å². The number of hydrogen-bond acceptors (Lipinski definition) is 4. The monoisotopic (exact) mass is 732 g/mol. The van der Waals surface area contributed by atoms with Gasteiger partial charge in [-0.05, 0) is 95.1 Å². The van der Waals surface area contributed by atoms with E-state index in [2.05, 4.69) is 85.9 Å². The summed E-state index contributed by atoms with van der Waals surface area (Å²) in [7, 11) is -3.03.